The van der Waals surface area contributed by atoms with E-state index in [0.717, 1.165) is 69.1 Å². The zero-order valence-corrected chi connectivity index (χ0v) is 17.4. The van der Waals surface area contributed by atoms with Gasteiger partial charge in [-0.2, -0.15) is 13.2 Å². The predicted octanol–water partition coefficient (Wildman–Crippen LogP) is 3.54. The first-order valence-corrected chi connectivity index (χ1v) is 11.0. The lowest BCUT2D eigenvalue weighted by atomic mass is 10.0. The van der Waals surface area contributed by atoms with Gasteiger partial charge in [-0.25, -0.2) is 0 Å². The van der Waals surface area contributed by atoms with Crippen molar-refractivity contribution in [3.05, 3.63) is 23.3 Å². The maximum Gasteiger partial charge on any atom is 0.416 e. The number of piperidine rings is 1. The number of thioether (sulfide) groups is 1. The Morgan fingerprint density at radius 3 is 2.52 bits per heavy atom. The Hall–Kier alpha value is -1.45. The lowest BCUT2D eigenvalue weighted by Crippen LogP contribution is -2.51. The Bertz CT molecular complexity index is 711. The molecule has 29 heavy (non-hydrogen) atoms. The summed E-state index contributed by atoms with van der Waals surface area (Å²) in [6, 6.07) is 2.00. The van der Waals surface area contributed by atoms with E-state index in [9.17, 15) is 23.1 Å². The van der Waals surface area contributed by atoms with Crippen LogP contribution in [0.25, 0.3) is 0 Å². The number of hydrogen-bond acceptors (Lipinski definition) is 5. The molecule has 0 unspecified atom stereocenters. The molecule has 2 aliphatic rings. The van der Waals surface area contributed by atoms with Gasteiger partial charge in [-0.15, -0.1) is 11.8 Å². The number of aliphatic hydroxyl groups is 1. The van der Waals surface area contributed by atoms with Crippen LogP contribution in [0.5, 0.6) is 5.75 Å². The number of methoxy groups -OCH3 is 1. The minimum atomic E-state index is -4.51. The molecule has 1 amide bonds. The summed E-state index contributed by atoms with van der Waals surface area (Å²) in [5.74, 6) is -0.480. The Kier molecular flexibility index (Phi) is 7.01. The van der Waals surface area contributed by atoms with E-state index in [0.29, 0.717) is 0 Å². The third kappa shape index (κ3) is 5.00. The van der Waals surface area contributed by atoms with Gasteiger partial charge in [0.25, 0.3) is 5.91 Å². The van der Waals surface area contributed by atoms with E-state index in [1.54, 1.807) is 6.26 Å². The molecule has 0 radical (unpaired) electrons. The van der Waals surface area contributed by atoms with Gasteiger partial charge in [-0.1, -0.05) is 0 Å². The van der Waals surface area contributed by atoms with Crippen molar-refractivity contribution in [3.8, 4) is 5.75 Å². The molecular formula is C20H27F3N2O3S. The molecule has 162 valence electrons. The Balaban J connectivity index is 1.81. The molecule has 1 saturated carbocycles. The first-order valence-electron chi connectivity index (χ1n) is 9.80. The molecule has 0 bridgehead atoms. The molecule has 3 rings (SSSR count). The molecule has 2 fully saturated rings. The van der Waals surface area contributed by atoms with Gasteiger partial charge in [-0.05, 0) is 50.5 Å². The van der Waals surface area contributed by atoms with Gasteiger partial charge in [0.1, 0.15) is 5.75 Å². The topological polar surface area (TPSA) is 61.8 Å². The lowest BCUT2D eigenvalue weighted by molar-refractivity contribution is -0.137. The second kappa shape index (κ2) is 9.14. The van der Waals surface area contributed by atoms with Crippen LogP contribution in [0.15, 0.2) is 17.0 Å². The second-order valence-corrected chi connectivity index (χ2v) is 8.45. The van der Waals surface area contributed by atoms with Crippen LogP contribution in [-0.4, -0.2) is 60.6 Å². The van der Waals surface area contributed by atoms with Crippen LogP contribution in [0.3, 0.4) is 0 Å². The lowest BCUT2D eigenvalue weighted by Gasteiger charge is -2.37. The summed E-state index contributed by atoms with van der Waals surface area (Å²) in [4.78, 5) is 15.6. The third-order valence-corrected chi connectivity index (χ3v) is 6.59. The van der Waals surface area contributed by atoms with E-state index >= 15 is 0 Å². The zero-order chi connectivity index (χ0) is 21.2. The van der Waals surface area contributed by atoms with Gasteiger partial charge < -0.3 is 15.2 Å². The van der Waals surface area contributed by atoms with Crippen LogP contribution in [-0.2, 0) is 6.18 Å². The SMILES string of the molecule is COc1cc(C(F)(F)F)cc(SC)c1C(=O)N[C@@H]1CCC[C@@H]1N1CCC(O)CC1. The largest absolute Gasteiger partial charge is 0.496 e. The summed E-state index contributed by atoms with van der Waals surface area (Å²) in [5, 5.41) is 12.8. The number of nitrogens with zero attached hydrogens (tertiary/aromatic N) is 1. The zero-order valence-electron chi connectivity index (χ0n) is 16.6. The molecule has 1 heterocycles. The van der Waals surface area contributed by atoms with Crippen molar-refractivity contribution in [1.82, 2.24) is 10.2 Å². The molecular weight excluding hydrogens is 405 g/mol. The Morgan fingerprint density at radius 2 is 1.93 bits per heavy atom. The maximum absolute atomic E-state index is 13.2. The fourth-order valence-electron chi connectivity index (χ4n) is 4.30. The molecule has 2 N–H and O–H groups in total. The van der Waals surface area contributed by atoms with Crippen LogP contribution in [0.1, 0.15) is 48.0 Å². The summed E-state index contributed by atoms with van der Waals surface area (Å²) < 4.78 is 44.7. The molecule has 0 aromatic heterocycles. The number of hydrogen-bond donors (Lipinski definition) is 2. The van der Waals surface area contributed by atoms with Gasteiger partial charge in [0.2, 0.25) is 0 Å². The number of ether oxygens (including phenoxy) is 1. The minimum Gasteiger partial charge on any atom is -0.496 e. The molecule has 5 nitrogen and oxygen atoms in total. The molecule has 1 aliphatic carbocycles. The van der Waals surface area contributed by atoms with Crippen LogP contribution in [0.4, 0.5) is 13.2 Å². The van der Waals surface area contributed by atoms with Gasteiger partial charge in [0, 0.05) is 30.1 Å². The van der Waals surface area contributed by atoms with Crippen molar-refractivity contribution in [2.24, 2.45) is 0 Å². The van der Waals surface area contributed by atoms with Crippen molar-refractivity contribution < 1.29 is 27.8 Å². The fraction of sp³-hybridized carbons (Fsp3) is 0.650. The van der Waals surface area contributed by atoms with Crippen LogP contribution in [0, 0.1) is 0 Å². The van der Waals surface area contributed by atoms with Gasteiger partial charge >= 0.3 is 6.18 Å². The van der Waals surface area contributed by atoms with Gasteiger partial charge in [-0.3, -0.25) is 9.69 Å². The number of carbonyl (C=O) groups is 1. The van der Waals surface area contributed by atoms with Crippen molar-refractivity contribution >= 4 is 17.7 Å². The minimum absolute atomic E-state index is 0.0700. The molecule has 1 aliphatic heterocycles. The highest BCUT2D eigenvalue weighted by atomic mass is 32.2. The predicted molar refractivity (Wildman–Crippen MR) is 105 cm³/mol. The number of halogens is 3. The summed E-state index contributed by atoms with van der Waals surface area (Å²) in [6.07, 6.45) is 1.08. The van der Waals surface area contributed by atoms with E-state index in [1.165, 1.54) is 7.11 Å². The highest BCUT2D eigenvalue weighted by Gasteiger charge is 2.37. The van der Waals surface area contributed by atoms with Crippen LogP contribution < -0.4 is 10.1 Å². The number of aliphatic hydroxyl groups excluding tert-OH is 1. The number of nitrogens with one attached hydrogen (secondary N) is 1. The monoisotopic (exact) mass is 432 g/mol. The van der Waals surface area contributed by atoms with Crippen LogP contribution >= 0.6 is 11.8 Å². The molecule has 9 heteroatoms. The second-order valence-electron chi connectivity index (χ2n) is 7.60. The Labute approximate surface area is 173 Å². The van der Waals surface area contributed by atoms with E-state index in [4.69, 9.17) is 4.74 Å². The van der Waals surface area contributed by atoms with Crippen molar-refractivity contribution in [1.29, 1.82) is 0 Å². The summed E-state index contributed by atoms with van der Waals surface area (Å²) in [6.45, 7) is 1.58. The normalized spacial score (nSPS) is 23.9. The van der Waals surface area contributed by atoms with E-state index in [-0.39, 0.29) is 34.4 Å². The van der Waals surface area contributed by atoms with E-state index < -0.39 is 17.6 Å². The van der Waals surface area contributed by atoms with Gasteiger partial charge in [0.15, 0.2) is 0 Å². The smallest absolute Gasteiger partial charge is 0.416 e. The van der Waals surface area contributed by atoms with Crippen molar-refractivity contribution in [3.63, 3.8) is 0 Å². The maximum atomic E-state index is 13.2. The average Bonchev–Trinajstić information content (AvgIpc) is 3.14. The van der Waals surface area contributed by atoms with Crippen molar-refractivity contribution in [2.75, 3.05) is 26.5 Å². The Morgan fingerprint density at radius 1 is 1.24 bits per heavy atom. The molecule has 1 aromatic carbocycles. The summed E-state index contributed by atoms with van der Waals surface area (Å²) in [7, 11) is 1.27. The van der Waals surface area contributed by atoms with E-state index in [2.05, 4.69) is 10.2 Å². The number of likely N-dealkylation sites (tertiary alicyclic amines) is 1. The number of carbonyl (C=O) groups excluding carboxylic acids is 1. The number of amides is 1. The first kappa shape index (κ1) is 22.2. The number of rotatable bonds is 5. The molecule has 1 saturated heterocycles. The molecule has 1 aromatic rings. The standard InChI is InChI=1S/C20H27F3N2O3S/c1-28-16-10-12(20(21,22)23)11-17(29-2)18(16)19(27)24-14-4-3-5-15(14)25-8-6-13(26)7-9-25/h10-11,13-15,26H,3-9H2,1-2H3,(H,24,27)/t14-,15+/m1/s1. The fourth-order valence-corrected chi connectivity index (χ4v) is 4.95. The quantitative estimate of drug-likeness (QED) is 0.697. The number of benzene rings is 1. The van der Waals surface area contributed by atoms with Gasteiger partial charge in [0.05, 0.1) is 24.3 Å². The third-order valence-electron chi connectivity index (χ3n) is 5.82. The number of alkyl halides is 3. The summed E-state index contributed by atoms with van der Waals surface area (Å²) >= 11 is 1.09. The highest BCUT2D eigenvalue weighted by molar-refractivity contribution is 7.98. The van der Waals surface area contributed by atoms with Crippen LogP contribution in [0.2, 0.25) is 0 Å². The van der Waals surface area contributed by atoms with Crippen molar-refractivity contribution in [2.45, 2.75) is 61.4 Å². The average molecular weight is 433 g/mol. The first-order chi connectivity index (χ1) is 13.7. The molecule has 2 atom stereocenters. The summed E-state index contributed by atoms with van der Waals surface area (Å²) in [5.41, 5.74) is -0.686. The highest BCUT2D eigenvalue weighted by Crippen LogP contribution is 2.38. The molecule has 0 spiro atoms. The van der Waals surface area contributed by atoms with E-state index in [1.807, 2.05) is 0 Å².